The Labute approximate surface area is 107 Å². The van der Waals surface area contributed by atoms with Crippen LogP contribution in [0.3, 0.4) is 0 Å². The van der Waals surface area contributed by atoms with E-state index in [0.717, 1.165) is 16.3 Å². The molecular formula is C14H17ClO2. The van der Waals surface area contributed by atoms with E-state index >= 15 is 0 Å². The van der Waals surface area contributed by atoms with Crippen molar-refractivity contribution < 1.29 is 9.47 Å². The zero-order valence-electron chi connectivity index (χ0n) is 10.4. The highest BCUT2D eigenvalue weighted by Gasteiger charge is 2.46. The van der Waals surface area contributed by atoms with Gasteiger partial charge in [0.15, 0.2) is 0 Å². The predicted molar refractivity (Wildman–Crippen MR) is 70.4 cm³/mol. The highest BCUT2D eigenvalue weighted by atomic mass is 35.5. The quantitative estimate of drug-likeness (QED) is 0.760. The van der Waals surface area contributed by atoms with Gasteiger partial charge >= 0.3 is 0 Å². The Bertz CT molecular complexity index is 420. The van der Waals surface area contributed by atoms with Crippen LogP contribution in [0.25, 0.3) is 5.03 Å². The minimum absolute atomic E-state index is 0.0641. The van der Waals surface area contributed by atoms with Gasteiger partial charge in [-0.2, -0.15) is 0 Å². The van der Waals surface area contributed by atoms with Crippen LogP contribution >= 0.6 is 11.6 Å². The van der Waals surface area contributed by atoms with E-state index < -0.39 is 0 Å². The summed E-state index contributed by atoms with van der Waals surface area (Å²) in [7, 11) is 0. The average molecular weight is 253 g/mol. The van der Waals surface area contributed by atoms with Crippen LogP contribution in [0.1, 0.15) is 26.3 Å². The van der Waals surface area contributed by atoms with Crippen LogP contribution in [0.15, 0.2) is 30.3 Å². The summed E-state index contributed by atoms with van der Waals surface area (Å²) in [5, 5.41) is 0.726. The Hall–Kier alpha value is -0.990. The normalized spacial score (nSPS) is 22.4. The van der Waals surface area contributed by atoms with E-state index in [1.165, 1.54) is 0 Å². The molecule has 2 rings (SSSR count). The summed E-state index contributed by atoms with van der Waals surface area (Å²) >= 11 is 6.24. The summed E-state index contributed by atoms with van der Waals surface area (Å²) in [5.74, 6) is 0.865. The van der Waals surface area contributed by atoms with Gasteiger partial charge in [0.25, 0.3) is 0 Å². The van der Waals surface area contributed by atoms with Crippen LogP contribution in [-0.2, 0) is 4.74 Å². The van der Waals surface area contributed by atoms with Crippen molar-refractivity contribution in [3.8, 4) is 5.75 Å². The van der Waals surface area contributed by atoms with Crippen molar-refractivity contribution in [2.24, 2.45) is 0 Å². The maximum absolute atomic E-state index is 6.24. The van der Waals surface area contributed by atoms with Crippen molar-refractivity contribution in [3.05, 3.63) is 35.9 Å². The van der Waals surface area contributed by atoms with E-state index in [2.05, 4.69) is 13.8 Å². The van der Waals surface area contributed by atoms with Gasteiger partial charge in [0, 0.05) is 5.03 Å². The summed E-state index contributed by atoms with van der Waals surface area (Å²) in [6.45, 7) is 6.74. The first-order valence-corrected chi connectivity index (χ1v) is 6.19. The van der Waals surface area contributed by atoms with Gasteiger partial charge in [-0.15, -0.1) is 0 Å². The van der Waals surface area contributed by atoms with E-state index in [1.807, 2.05) is 37.3 Å². The number of epoxide rings is 1. The number of hydrogen-bond acceptors (Lipinski definition) is 2. The molecule has 3 heteroatoms. The molecule has 1 heterocycles. The Balaban J connectivity index is 2.07. The first-order chi connectivity index (χ1) is 8.03. The van der Waals surface area contributed by atoms with Crippen molar-refractivity contribution >= 4 is 16.6 Å². The van der Waals surface area contributed by atoms with Gasteiger partial charge in [-0.1, -0.05) is 11.6 Å². The molecule has 0 N–H and O–H groups in total. The molecule has 1 aromatic carbocycles. The van der Waals surface area contributed by atoms with E-state index in [-0.39, 0.29) is 11.7 Å². The van der Waals surface area contributed by atoms with Gasteiger partial charge in [0.1, 0.15) is 11.9 Å². The van der Waals surface area contributed by atoms with Gasteiger partial charge in [0.2, 0.25) is 0 Å². The lowest BCUT2D eigenvalue weighted by Crippen LogP contribution is -2.00. The molecule has 1 aromatic rings. The first-order valence-electron chi connectivity index (χ1n) is 5.81. The molecule has 0 radical (unpaired) electrons. The van der Waals surface area contributed by atoms with E-state index in [9.17, 15) is 0 Å². The number of halogens is 1. The largest absolute Gasteiger partial charge is 0.494 e. The van der Waals surface area contributed by atoms with Gasteiger partial charge in [-0.3, -0.25) is 0 Å². The molecule has 17 heavy (non-hydrogen) atoms. The average Bonchev–Trinajstić information content (AvgIpc) is 2.87. The molecule has 0 spiro atoms. The fourth-order valence-corrected chi connectivity index (χ4v) is 1.87. The number of ether oxygens (including phenoxy) is 2. The Morgan fingerprint density at radius 3 is 2.47 bits per heavy atom. The highest BCUT2D eigenvalue weighted by molar-refractivity contribution is 6.48. The van der Waals surface area contributed by atoms with Crippen molar-refractivity contribution in [1.82, 2.24) is 0 Å². The minimum atomic E-state index is -0.0641. The van der Waals surface area contributed by atoms with Crippen LogP contribution in [0.2, 0.25) is 0 Å². The zero-order chi connectivity index (χ0) is 12.5. The second-order valence-electron chi connectivity index (χ2n) is 4.61. The third-order valence-electron chi connectivity index (χ3n) is 2.80. The molecule has 0 saturated carbocycles. The maximum atomic E-state index is 6.24. The van der Waals surface area contributed by atoms with Gasteiger partial charge in [0.05, 0.1) is 12.2 Å². The van der Waals surface area contributed by atoms with E-state index in [0.29, 0.717) is 6.61 Å². The third-order valence-corrected chi connectivity index (χ3v) is 3.14. The van der Waals surface area contributed by atoms with Crippen LogP contribution in [0.4, 0.5) is 0 Å². The molecule has 1 atom stereocenters. The standard InChI is InChI=1S/C14H17ClO2/c1-4-16-11-7-5-10(6-8-11)12(15)9-13-14(2,3)17-13/h5-9,13H,4H2,1-3H3. The Morgan fingerprint density at radius 2 is 2.00 bits per heavy atom. The fraction of sp³-hybridized carbons (Fsp3) is 0.429. The van der Waals surface area contributed by atoms with Crippen LogP contribution < -0.4 is 4.74 Å². The molecule has 0 aromatic heterocycles. The summed E-state index contributed by atoms with van der Waals surface area (Å²) in [6.07, 6.45) is 2.08. The van der Waals surface area contributed by atoms with Gasteiger partial charge in [-0.25, -0.2) is 0 Å². The van der Waals surface area contributed by atoms with Crippen LogP contribution in [-0.4, -0.2) is 18.3 Å². The molecule has 0 bridgehead atoms. The molecule has 92 valence electrons. The lowest BCUT2D eigenvalue weighted by molar-refractivity contribution is 0.334. The number of rotatable bonds is 4. The third kappa shape index (κ3) is 3.02. The molecule has 1 saturated heterocycles. The first kappa shape index (κ1) is 12.5. The number of hydrogen-bond donors (Lipinski definition) is 0. The number of benzene rings is 1. The Morgan fingerprint density at radius 1 is 1.41 bits per heavy atom. The molecule has 2 nitrogen and oxygen atoms in total. The summed E-state index contributed by atoms with van der Waals surface area (Å²) < 4.78 is 10.9. The minimum Gasteiger partial charge on any atom is -0.494 e. The molecule has 0 aliphatic carbocycles. The van der Waals surface area contributed by atoms with Crippen molar-refractivity contribution in [1.29, 1.82) is 0 Å². The fourth-order valence-electron chi connectivity index (χ4n) is 1.63. The molecular weight excluding hydrogens is 236 g/mol. The second kappa shape index (κ2) is 4.71. The predicted octanol–water partition coefficient (Wildman–Crippen LogP) is 3.84. The van der Waals surface area contributed by atoms with Gasteiger partial charge < -0.3 is 9.47 Å². The van der Waals surface area contributed by atoms with Crippen molar-refractivity contribution in [3.63, 3.8) is 0 Å². The molecule has 0 amide bonds. The molecule has 1 aliphatic rings. The molecule has 1 unspecified atom stereocenters. The Kier molecular flexibility index (Phi) is 3.45. The summed E-state index contributed by atoms with van der Waals surface area (Å²) in [6, 6.07) is 7.76. The van der Waals surface area contributed by atoms with Crippen molar-refractivity contribution in [2.45, 2.75) is 32.5 Å². The molecule has 1 fully saturated rings. The monoisotopic (exact) mass is 252 g/mol. The molecule has 1 aliphatic heterocycles. The highest BCUT2D eigenvalue weighted by Crippen LogP contribution is 2.38. The summed E-state index contributed by atoms with van der Waals surface area (Å²) in [4.78, 5) is 0. The zero-order valence-corrected chi connectivity index (χ0v) is 11.1. The topological polar surface area (TPSA) is 21.8 Å². The second-order valence-corrected chi connectivity index (χ2v) is 5.02. The summed E-state index contributed by atoms with van der Waals surface area (Å²) in [5.41, 5.74) is 0.923. The SMILES string of the molecule is CCOc1ccc(C(Cl)=CC2OC2(C)C)cc1. The maximum Gasteiger partial charge on any atom is 0.119 e. The lowest BCUT2D eigenvalue weighted by atomic mass is 10.1. The smallest absolute Gasteiger partial charge is 0.119 e. The van der Waals surface area contributed by atoms with E-state index in [4.69, 9.17) is 21.1 Å². The van der Waals surface area contributed by atoms with Gasteiger partial charge in [-0.05, 0) is 56.7 Å². The van der Waals surface area contributed by atoms with Crippen LogP contribution in [0.5, 0.6) is 5.75 Å². The van der Waals surface area contributed by atoms with Crippen LogP contribution in [0, 0.1) is 0 Å². The lowest BCUT2D eigenvalue weighted by Gasteiger charge is -2.04. The van der Waals surface area contributed by atoms with Crippen molar-refractivity contribution in [2.75, 3.05) is 6.61 Å². The van der Waals surface area contributed by atoms with E-state index in [1.54, 1.807) is 0 Å².